The third kappa shape index (κ3) is 3.90. The monoisotopic (exact) mass is 447 g/mol. The van der Waals surface area contributed by atoms with Crippen LogP contribution in [-0.2, 0) is 4.79 Å². The Morgan fingerprint density at radius 1 is 0.935 bits per heavy atom. The molecule has 0 bridgehead atoms. The average molecular weight is 448 g/mol. The van der Waals surface area contributed by atoms with E-state index in [0.717, 1.165) is 26.7 Å². The molecule has 2 heterocycles. The topological polar surface area (TPSA) is 33.5 Å². The molecule has 0 atom stereocenters. The van der Waals surface area contributed by atoms with Gasteiger partial charge in [0.15, 0.2) is 0 Å². The Morgan fingerprint density at radius 2 is 1.71 bits per heavy atom. The first-order valence-corrected chi connectivity index (χ1v) is 10.7. The zero-order chi connectivity index (χ0) is 21.4. The molecular weight excluding hydrogens is 433 g/mol. The molecular formula is C25H15ClFNO2S. The van der Waals surface area contributed by atoms with Gasteiger partial charge in [-0.1, -0.05) is 35.5 Å². The summed E-state index contributed by atoms with van der Waals surface area (Å²) < 4.78 is 18.9. The lowest BCUT2D eigenvalue weighted by Gasteiger charge is -2.30. The molecule has 1 aromatic heterocycles. The second-order valence-corrected chi connectivity index (χ2v) is 8.42. The highest BCUT2D eigenvalue weighted by molar-refractivity contribution is 7.99. The van der Waals surface area contributed by atoms with Crippen molar-refractivity contribution in [2.75, 3.05) is 4.90 Å². The molecule has 3 aromatic carbocycles. The van der Waals surface area contributed by atoms with E-state index in [1.54, 1.807) is 53.1 Å². The number of halogens is 2. The van der Waals surface area contributed by atoms with Crippen LogP contribution in [0.2, 0.25) is 5.02 Å². The van der Waals surface area contributed by atoms with Crippen LogP contribution in [0.1, 0.15) is 5.76 Å². The fourth-order valence-electron chi connectivity index (χ4n) is 3.41. The maximum absolute atomic E-state index is 13.2. The number of hydrogen-bond donors (Lipinski definition) is 0. The highest BCUT2D eigenvalue weighted by Crippen LogP contribution is 2.48. The van der Waals surface area contributed by atoms with E-state index in [0.29, 0.717) is 16.5 Å². The molecule has 1 amide bonds. The van der Waals surface area contributed by atoms with E-state index in [1.807, 2.05) is 36.4 Å². The molecule has 0 spiro atoms. The molecule has 0 aliphatic carbocycles. The summed E-state index contributed by atoms with van der Waals surface area (Å²) in [7, 11) is 0. The van der Waals surface area contributed by atoms with Gasteiger partial charge in [-0.05, 0) is 72.8 Å². The number of hydrogen-bond acceptors (Lipinski definition) is 3. The predicted molar refractivity (Wildman–Crippen MR) is 122 cm³/mol. The van der Waals surface area contributed by atoms with Crippen molar-refractivity contribution in [1.82, 2.24) is 0 Å². The number of fused-ring (bicyclic) bond motifs is 2. The molecule has 31 heavy (non-hydrogen) atoms. The maximum atomic E-state index is 13.2. The summed E-state index contributed by atoms with van der Waals surface area (Å²) in [6, 6.07) is 22.9. The first-order valence-electron chi connectivity index (χ1n) is 9.53. The Kier molecular flexibility index (Phi) is 5.14. The van der Waals surface area contributed by atoms with Crippen LogP contribution in [0.4, 0.5) is 15.8 Å². The highest BCUT2D eigenvalue weighted by Gasteiger charge is 2.27. The maximum Gasteiger partial charge on any atom is 0.255 e. The van der Waals surface area contributed by atoms with Gasteiger partial charge in [0.25, 0.3) is 5.91 Å². The van der Waals surface area contributed by atoms with E-state index >= 15 is 0 Å². The smallest absolute Gasteiger partial charge is 0.255 e. The Balaban J connectivity index is 1.45. The molecule has 4 aromatic rings. The number of anilines is 2. The fraction of sp³-hybridized carbons (Fsp3) is 0. The standard InChI is InChI=1S/C25H15ClFNO2S/c26-17-7-13-24-21(15-17)28(20-3-1-2-4-23(20)31-24)25(29)14-11-19-10-12-22(30-19)16-5-8-18(27)9-6-16/h1-15H/b14-11+. The zero-order valence-electron chi connectivity index (χ0n) is 16.1. The molecule has 152 valence electrons. The third-order valence-electron chi connectivity index (χ3n) is 4.85. The van der Waals surface area contributed by atoms with Gasteiger partial charge in [-0.3, -0.25) is 9.69 Å². The van der Waals surface area contributed by atoms with E-state index in [4.69, 9.17) is 16.0 Å². The second kappa shape index (κ2) is 8.10. The van der Waals surface area contributed by atoms with Crippen molar-refractivity contribution >= 4 is 46.7 Å². The summed E-state index contributed by atoms with van der Waals surface area (Å²) in [5.41, 5.74) is 2.32. The summed E-state index contributed by atoms with van der Waals surface area (Å²) >= 11 is 7.82. The van der Waals surface area contributed by atoms with Crippen LogP contribution in [0.15, 0.2) is 99.1 Å². The Morgan fingerprint density at radius 3 is 2.55 bits per heavy atom. The minimum absolute atomic E-state index is 0.212. The predicted octanol–water partition coefficient (Wildman–Crippen LogP) is 7.58. The number of carbonyl (C=O) groups excluding carboxylic acids is 1. The summed E-state index contributed by atoms with van der Waals surface area (Å²) in [6.07, 6.45) is 3.11. The number of nitrogens with zero attached hydrogens (tertiary/aromatic N) is 1. The molecule has 1 aliphatic heterocycles. The van der Waals surface area contributed by atoms with Crippen LogP contribution in [0, 0.1) is 5.82 Å². The number of para-hydroxylation sites is 1. The van der Waals surface area contributed by atoms with Crippen molar-refractivity contribution in [3.05, 3.63) is 102 Å². The van der Waals surface area contributed by atoms with Gasteiger partial charge in [0, 0.05) is 26.5 Å². The quantitative estimate of drug-likeness (QED) is 0.303. The summed E-state index contributed by atoms with van der Waals surface area (Å²) in [5.74, 6) is 0.611. The van der Waals surface area contributed by atoms with Gasteiger partial charge in [0.05, 0.1) is 11.4 Å². The van der Waals surface area contributed by atoms with Gasteiger partial charge in [-0.2, -0.15) is 0 Å². The van der Waals surface area contributed by atoms with Gasteiger partial charge in [0.1, 0.15) is 17.3 Å². The number of benzene rings is 3. The van der Waals surface area contributed by atoms with Gasteiger partial charge in [-0.15, -0.1) is 0 Å². The van der Waals surface area contributed by atoms with Crippen molar-refractivity contribution in [1.29, 1.82) is 0 Å². The third-order valence-corrected chi connectivity index (χ3v) is 6.22. The minimum atomic E-state index is -0.304. The number of amides is 1. The molecule has 0 saturated heterocycles. The van der Waals surface area contributed by atoms with E-state index < -0.39 is 0 Å². The molecule has 3 nitrogen and oxygen atoms in total. The van der Waals surface area contributed by atoms with Gasteiger partial charge in [-0.25, -0.2) is 4.39 Å². The molecule has 6 heteroatoms. The van der Waals surface area contributed by atoms with Crippen molar-refractivity contribution < 1.29 is 13.6 Å². The van der Waals surface area contributed by atoms with Crippen LogP contribution in [-0.4, -0.2) is 5.91 Å². The van der Waals surface area contributed by atoms with Crippen molar-refractivity contribution in [3.63, 3.8) is 0 Å². The van der Waals surface area contributed by atoms with E-state index in [2.05, 4.69) is 0 Å². The van der Waals surface area contributed by atoms with E-state index in [1.165, 1.54) is 18.2 Å². The summed E-state index contributed by atoms with van der Waals surface area (Å²) in [4.78, 5) is 16.8. The van der Waals surface area contributed by atoms with Crippen molar-refractivity contribution in [2.45, 2.75) is 9.79 Å². The molecule has 0 radical (unpaired) electrons. The van der Waals surface area contributed by atoms with Crippen LogP contribution in [0.3, 0.4) is 0 Å². The fourth-order valence-corrected chi connectivity index (χ4v) is 4.61. The lowest BCUT2D eigenvalue weighted by atomic mass is 10.2. The Hall–Kier alpha value is -3.28. The van der Waals surface area contributed by atoms with Gasteiger partial charge >= 0.3 is 0 Å². The lowest BCUT2D eigenvalue weighted by Crippen LogP contribution is -2.26. The highest BCUT2D eigenvalue weighted by atomic mass is 35.5. The van der Waals surface area contributed by atoms with E-state index in [-0.39, 0.29) is 11.7 Å². The number of carbonyl (C=O) groups is 1. The number of furan rings is 1. The second-order valence-electron chi connectivity index (χ2n) is 6.90. The Bertz CT molecular complexity index is 1310. The Labute approximate surface area is 187 Å². The zero-order valence-corrected chi connectivity index (χ0v) is 17.7. The molecule has 0 unspecified atom stereocenters. The molecule has 1 aliphatic rings. The summed E-state index contributed by atoms with van der Waals surface area (Å²) in [6.45, 7) is 0. The molecule has 0 N–H and O–H groups in total. The lowest BCUT2D eigenvalue weighted by molar-refractivity contribution is -0.113. The number of rotatable bonds is 3. The van der Waals surface area contributed by atoms with Gasteiger partial charge < -0.3 is 4.42 Å². The minimum Gasteiger partial charge on any atom is -0.457 e. The van der Waals surface area contributed by atoms with E-state index in [9.17, 15) is 9.18 Å². The molecule has 0 fully saturated rings. The van der Waals surface area contributed by atoms with Crippen LogP contribution in [0.5, 0.6) is 0 Å². The van der Waals surface area contributed by atoms with Crippen LogP contribution < -0.4 is 4.90 Å². The molecule has 0 saturated carbocycles. The summed E-state index contributed by atoms with van der Waals surface area (Å²) in [5, 5.41) is 0.565. The van der Waals surface area contributed by atoms with Gasteiger partial charge in [0.2, 0.25) is 0 Å². The SMILES string of the molecule is O=C(/C=C/c1ccc(-c2ccc(F)cc2)o1)N1c2ccccc2Sc2ccc(Cl)cc21. The average Bonchev–Trinajstić information content (AvgIpc) is 3.25. The van der Waals surface area contributed by atoms with Crippen LogP contribution in [0.25, 0.3) is 17.4 Å². The first-order chi connectivity index (χ1) is 15.1. The van der Waals surface area contributed by atoms with Crippen molar-refractivity contribution in [2.24, 2.45) is 0 Å². The van der Waals surface area contributed by atoms with Crippen LogP contribution >= 0.6 is 23.4 Å². The molecule has 5 rings (SSSR count). The largest absolute Gasteiger partial charge is 0.457 e. The normalized spacial score (nSPS) is 12.6. The van der Waals surface area contributed by atoms with Crippen molar-refractivity contribution in [3.8, 4) is 11.3 Å². The first kappa shape index (κ1) is 19.7.